The first-order valence-electron chi connectivity index (χ1n) is 2.27. The molecule has 0 unspecified atom stereocenters. The molecule has 1 aromatic rings. The van der Waals surface area contributed by atoms with Crippen LogP contribution in [0.4, 0.5) is 5.13 Å². The van der Waals surface area contributed by atoms with Gasteiger partial charge in [-0.1, -0.05) is 5.11 Å². The number of thiazole rings is 1. The normalized spacial score (nSPS) is 10.3. The number of rotatable bonds is 2. The highest BCUT2D eigenvalue weighted by Crippen LogP contribution is 2.14. The number of aromatic nitrogens is 1. The van der Waals surface area contributed by atoms with Gasteiger partial charge in [-0.3, -0.25) is 0 Å². The zero-order valence-electron chi connectivity index (χ0n) is 4.81. The fourth-order valence-electron chi connectivity index (χ4n) is 0.341. The Kier molecular flexibility index (Phi) is 2.14. The largest absolute Gasteiger partial charge is 0.383 e. The SMILES string of the molecule is CON=Nc1nccs1. The van der Waals surface area contributed by atoms with Crippen molar-refractivity contribution in [2.75, 3.05) is 7.11 Å². The van der Waals surface area contributed by atoms with E-state index in [1.54, 1.807) is 6.20 Å². The summed E-state index contributed by atoms with van der Waals surface area (Å²) in [5.41, 5.74) is 0. The molecule has 0 saturated heterocycles. The van der Waals surface area contributed by atoms with Crippen LogP contribution >= 0.6 is 11.3 Å². The molecule has 0 bridgehead atoms. The fourth-order valence-corrected chi connectivity index (χ4v) is 0.787. The molecule has 0 fully saturated rings. The lowest BCUT2D eigenvalue weighted by molar-refractivity contribution is 0.190. The van der Waals surface area contributed by atoms with Gasteiger partial charge in [0.1, 0.15) is 7.11 Å². The van der Waals surface area contributed by atoms with Gasteiger partial charge < -0.3 is 4.84 Å². The highest BCUT2D eigenvalue weighted by Gasteiger charge is 1.86. The van der Waals surface area contributed by atoms with Crippen LogP contribution < -0.4 is 0 Å². The van der Waals surface area contributed by atoms with Gasteiger partial charge in [-0.2, -0.15) is 0 Å². The van der Waals surface area contributed by atoms with Crippen LogP contribution in [0.15, 0.2) is 22.0 Å². The van der Waals surface area contributed by atoms with Crippen LogP contribution in [-0.2, 0) is 4.84 Å². The highest BCUT2D eigenvalue weighted by molar-refractivity contribution is 7.13. The predicted molar refractivity (Wildman–Crippen MR) is 33.6 cm³/mol. The van der Waals surface area contributed by atoms with Crippen molar-refractivity contribution in [2.45, 2.75) is 0 Å². The minimum Gasteiger partial charge on any atom is -0.383 e. The minimum absolute atomic E-state index is 0.608. The molecule has 0 N–H and O–H groups in total. The second-order valence-electron chi connectivity index (χ2n) is 1.18. The van der Waals surface area contributed by atoms with E-state index in [2.05, 4.69) is 20.2 Å². The Hall–Kier alpha value is -0.970. The van der Waals surface area contributed by atoms with Crippen molar-refractivity contribution >= 4 is 16.5 Å². The lowest BCUT2D eigenvalue weighted by Gasteiger charge is -1.79. The third kappa shape index (κ3) is 1.77. The quantitative estimate of drug-likeness (QED) is 0.468. The van der Waals surface area contributed by atoms with Crippen molar-refractivity contribution in [1.82, 2.24) is 4.98 Å². The molecular weight excluding hydrogens is 138 g/mol. The summed E-state index contributed by atoms with van der Waals surface area (Å²) < 4.78 is 0. The van der Waals surface area contributed by atoms with Crippen LogP contribution in [0.3, 0.4) is 0 Å². The summed E-state index contributed by atoms with van der Waals surface area (Å²) >= 11 is 1.41. The fraction of sp³-hybridized carbons (Fsp3) is 0.250. The van der Waals surface area contributed by atoms with Gasteiger partial charge in [0.2, 0.25) is 5.13 Å². The molecule has 0 atom stereocenters. The third-order valence-electron chi connectivity index (χ3n) is 0.627. The number of hydrogen-bond donors (Lipinski definition) is 0. The molecule has 0 aliphatic carbocycles. The second-order valence-corrected chi connectivity index (χ2v) is 2.05. The van der Waals surface area contributed by atoms with Gasteiger partial charge in [-0.25, -0.2) is 4.98 Å². The van der Waals surface area contributed by atoms with Crippen LogP contribution in [0, 0.1) is 0 Å². The van der Waals surface area contributed by atoms with Crippen molar-refractivity contribution in [2.24, 2.45) is 10.4 Å². The van der Waals surface area contributed by atoms with Gasteiger partial charge >= 0.3 is 0 Å². The van der Waals surface area contributed by atoms with Crippen molar-refractivity contribution < 1.29 is 4.84 Å². The Morgan fingerprint density at radius 3 is 3.22 bits per heavy atom. The molecule has 0 aliphatic rings. The molecule has 9 heavy (non-hydrogen) atoms. The Morgan fingerprint density at radius 1 is 1.78 bits per heavy atom. The Bertz CT molecular complexity index is 184. The first-order chi connectivity index (χ1) is 4.43. The van der Waals surface area contributed by atoms with Gasteiger partial charge in [0.15, 0.2) is 0 Å². The maximum Gasteiger partial charge on any atom is 0.233 e. The van der Waals surface area contributed by atoms with Crippen LogP contribution in [0.5, 0.6) is 0 Å². The molecule has 0 aromatic carbocycles. The van der Waals surface area contributed by atoms with E-state index in [4.69, 9.17) is 0 Å². The van der Waals surface area contributed by atoms with E-state index < -0.39 is 0 Å². The molecule has 0 radical (unpaired) electrons. The van der Waals surface area contributed by atoms with Gasteiger partial charge in [0, 0.05) is 16.9 Å². The summed E-state index contributed by atoms with van der Waals surface area (Å²) in [4.78, 5) is 8.17. The van der Waals surface area contributed by atoms with Crippen molar-refractivity contribution in [3.63, 3.8) is 0 Å². The van der Waals surface area contributed by atoms with E-state index >= 15 is 0 Å². The molecule has 1 aromatic heterocycles. The van der Waals surface area contributed by atoms with E-state index in [1.165, 1.54) is 18.4 Å². The van der Waals surface area contributed by atoms with E-state index in [1.807, 2.05) is 5.38 Å². The molecular formula is C4H5N3OS. The zero-order chi connectivity index (χ0) is 6.53. The first kappa shape index (κ1) is 6.15. The number of hydrogen-bond acceptors (Lipinski definition) is 5. The summed E-state index contributed by atoms with van der Waals surface area (Å²) in [7, 11) is 1.44. The summed E-state index contributed by atoms with van der Waals surface area (Å²) in [5.74, 6) is 0. The average molecular weight is 143 g/mol. The molecule has 4 nitrogen and oxygen atoms in total. The Balaban J connectivity index is 2.57. The monoisotopic (exact) mass is 143 g/mol. The molecule has 48 valence electrons. The lowest BCUT2D eigenvalue weighted by atomic mass is 11.0. The smallest absolute Gasteiger partial charge is 0.233 e. The maximum atomic E-state index is 4.34. The van der Waals surface area contributed by atoms with Crippen molar-refractivity contribution in [3.8, 4) is 0 Å². The maximum absolute atomic E-state index is 4.34. The summed E-state index contributed by atoms with van der Waals surface area (Å²) in [6.45, 7) is 0. The van der Waals surface area contributed by atoms with E-state index in [9.17, 15) is 0 Å². The molecule has 0 aliphatic heterocycles. The van der Waals surface area contributed by atoms with Crippen LogP contribution in [0.1, 0.15) is 0 Å². The zero-order valence-corrected chi connectivity index (χ0v) is 5.63. The van der Waals surface area contributed by atoms with E-state index in [-0.39, 0.29) is 0 Å². The first-order valence-corrected chi connectivity index (χ1v) is 3.15. The van der Waals surface area contributed by atoms with Crippen LogP contribution in [0.2, 0.25) is 0 Å². The lowest BCUT2D eigenvalue weighted by Crippen LogP contribution is -1.61. The standard InChI is InChI=1S/C4H5N3OS/c1-8-7-6-4-5-2-3-9-4/h2-3H,1H3. The Morgan fingerprint density at radius 2 is 2.67 bits per heavy atom. The Labute approximate surface area is 56.2 Å². The summed E-state index contributed by atoms with van der Waals surface area (Å²) in [6.07, 6.45) is 1.66. The van der Waals surface area contributed by atoms with Gasteiger partial charge in [-0.15, -0.1) is 11.3 Å². The van der Waals surface area contributed by atoms with Crippen LogP contribution in [0.25, 0.3) is 0 Å². The van der Waals surface area contributed by atoms with E-state index in [0.717, 1.165) is 0 Å². The van der Waals surface area contributed by atoms with Crippen LogP contribution in [-0.4, -0.2) is 12.1 Å². The highest BCUT2D eigenvalue weighted by atomic mass is 32.1. The molecule has 1 heterocycles. The molecule has 1 rings (SSSR count). The molecule has 0 saturated carbocycles. The van der Waals surface area contributed by atoms with Gasteiger partial charge in [0.05, 0.1) is 0 Å². The molecule has 0 spiro atoms. The topological polar surface area (TPSA) is 46.8 Å². The van der Waals surface area contributed by atoms with Crippen molar-refractivity contribution in [3.05, 3.63) is 11.6 Å². The molecule has 5 heteroatoms. The minimum atomic E-state index is 0.608. The van der Waals surface area contributed by atoms with Crippen molar-refractivity contribution in [1.29, 1.82) is 0 Å². The molecule has 0 amide bonds. The number of nitrogens with zero attached hydrogens (tertiary/aromatic N) is 3. The average Bonchev–Trinajstić information content (AvgIpc) is 2.34. The van der Waals surface area contributed by atoms with E-state index in [0.29, 0.717) is 5.13 Å². The third-order valence-corrected chi connectivity index (χ3v) is 1.28. The summed E-state index contributed by atoms with van der Waals surface area (Å²) in [6, 6.07) is 0. The van der Waals surface area contributed by atoms with Gasteiger partial charge in [-0.05, 0) is 0 Å². The second kappa shape index (κ2) is 3.13. The summed E-state index contributed by atoms with van der Waals surface area (Å²) in [5, 5.41) is 9.31. The predicted octanol–water partition coefficient (Wildman–Crippen LogP) is 1.79. The van der Waals surface area contributed by atoms with Gasteiger partial charge in [0.25, 0.3) is 0 Å².